The summed E-state index contributed by atoms with van der Waals surface area (Å²) in [7, 11) is 0. The zero-order chi connectivity index (χ0) is 20.6. The van der Waals surface area contributed by atoms with Crippen molar-refractivity contribution in [3.8, 4) is 11.5 Å². The number of halogens is 1. The van der Waals surface area contributed by atoms with E-state index < -0.39 is 16.4 Å². The standard InChI is InChI=1S/C24H24FNO4/c25-20-10-16(4-8-21(20)26(28)29)30-22-12-24-11-14(24)2-7-19(24)18-5-1-13-9-15(27)3-6-17(13)23(18)22/h3-4,6,8-10,14,18-19,22-23,27H,1-2,5,7,11-12H2/t14-,18?,19?,22+,23-,24-/m1/s1. The third kappa shape index (κ3) is 2.52. The molecule has 0 radical (unpaired) electrons. The Balaban J connectivity index is 1.38. The molecule has 0 heterocycles. The first-order valence-corrected chi connectivity index (χ1v) is 10.9. The summed E-state index contributed by atoms with van der Waals surface area (Å²) in [5, 5.41) is 20.9. The number of hydrogen-bond donors (Lipinski definition) is 1. The molecule has 4 aliphatic rings. The lowest BCUT2D eigenvalue weighted by atomic mass is 9.57. The number of phenols is 1. The number of benzene rings is 2. The van der Waals surface area contributed by atoms with Crippen LogP contribution in [0.15, 0.2) is 36.4 Å². The molecule has 0 aliphatic heterocycles. The minimum atomic E-state index is -0.861. The van der Waals surface area contributed by atoms with E-state index >= 15 is 0 Å². The van der Waals surface area contributed by atoms with Gasteiger partial charge in [0.1, 0.15) is 17.6 Å². The Kier molecular flexibility index (Phi) is 3.75. The first-order valence-electron chi connectivity index (χ1n) is 10.9. The Morgan fingerprint density at radius 3 is 2.77 bits per heavy atom. The van der Waals surface area contributed by atoms with Gasteiger partial charge in [-0.15, -0.1) is 0 Å². The first kappa shape index (κ1) is 18.2. The second kappa shape index (κ2) is 6.19. The van der Waals surface area contributed by atoms with E-state index in [0.29, 0.717) is 17.1 Å². The van der Waals surface area contributed by atoms with Gasteiger partial charge in [0.05, 0.1) is 4.92 Å². The average Bonchev–Trinajstić information content (AvgIpc) is 3.27. The van der Waals surface area contributed by atoms with Crippen LogP contribution in [-0.2, 0) is 6.42 Å². The number of nitro benzene ring substituents is 1. The number of nitrogens with zero attached hydrogens (tertiary/aromatic N) is 1. The second-order valence-corrected chi connectivity index (χ2v) is 9.66. The summed E-state index contributed by atoms with van der Waals surface area (Å²) in [6.45, 7) is 0. The van der Waals surface area contributed by atoms with E-state index in [2.05, 4.69) is 0 Å². The summed E-state index contributed by atoms with van der Waals surface area (Å²) in [5.74, 6) is 2.06. The number of hydrogen-bond acceptors (Lipinski definition) is 4. The van der Waals surface area contributed by atoms with Crippen molar-refractivity contribution in [2.45, 2.75) is 50.5 Å². The lowest BCUT2D eigenvalue weighted by molar-refractivity contribution is -0.387. The van der Waals surface area contributed by atoms with E-state index in [-0.39, 0.29) is 17.8 Å². The van der Waals surface area contributed by atoms with Crippen LogP contribution in [-0.4, -0.2) is 16.1 Å². The van der Waals surface area contributed by atoms with Gasteiger partial charge in [0, 0.05) is 18.1 Å². The smallest absolute Gasteiger partial charge is 0.305 e. The summed E-state index contributed by atoms with van der Waals surface area (Å²) >= 11 is 0. The lowest BCUT2D eigenvalue weighted by Gasteiger charge is -2.49. The van der Waals surface area contributed by atoms with Crippen LogP contribution in [0.25, 0.3) is 0 Å². The SMILES string of the molecule is O=[N+]([O-])c1ccc(O[C@H]2C[C@]34C[C@H]3CCC4C3CCc4cc(O)ccc4[C@H]32)cc1F. The molecular weight excluding hydrogens is 385 g/mol. The molecule has 0 bridgehead atoms. The summed E-state index contributed by atoms with van der Waals surface area (Å²) in [6.07, 6.45) is 6.81. The lowest BCUT2D eigenvalue weighted by Crippen LogP contribution is -2.46. The zero-order valence-electron chi connectivity index (χ0n) is 16.6. The molecule has 6 rings (SSSR count). The van der Waals surface area contributed by atoms with Gasteiger partial charge in [0.25, 0.3) is 0 Å². The number of nitro groups is 1. The molecule has 3 saturated carbocycles. The van der Waals surface area contributed by atoms with Gasteiger partial charge in [-0.2, -0.15) is 4.39 Å². The third-order valence-electron chi connectivity index (χ3n) is 8.44. The minimum Gasteiger partial charge on any atom is -0.508 e. The number of ether oxygens (including phenoxy) is 1. The number of rotatable bonds is 3. The molecule has 2 aromatic carbocycles. The van der Waals surface area contributed by atoms with Crippen LogP contribution >= 0.6 is 0 Å². The fourth-order valence-corrected chi connectivity index (χ4v) is 7.25. The van der Waals surface area contributed by atoms with Gasteiger partial charge in [0.2, 0.25) is 5.82 Å². The van der Waals surface area contributed by atoms with Crippen LogP contribution in [0.5, 0.6) is 11.5 Å². The molecule has 1 N–H and O–H groups in total. The largest absolute Gasteiger partial charge is 0.508 e. The van der Waals surface area contributed by atoms with Crippen molar-refractivity contribution in [3.05, 3.63) is 63.5 Å². The molecule has 5 nitrogen and oxygen atoms in total. The van der Waals surface area contributed by atoms with Gasteiger partial charge in [-0.3, -0.25) is 10.1 Å². The van der Waals surface area contributed by atoms with Crippen molar-refractivity contribution in [1.29, 1.82) is 0 Å². The van der Waals surface area contributed by atoms with Crippen LogP contribution in [0.3, 0.4) is 0 Å². The molecule has 6 atom stereocenters. The van der Waals surface area contributed by atoms with Crippen molar-refractivity contribution >= 4 is 5.69 Å². The molecule has 1 spiro atoms. The van der Waals surface area contributed by atoms with Crippen LogP contribution in [0.2, 0.25) is 0 Å². The van der Waals surface area contributed by atoms with Crippen LogP contribution in [0.4, 0.5) is 10.1 Å². The molecule has 0 amide bonds. The highest BCUT2D eigenvalue weighted by atomic mass is 19.1. The maximum atomic E-state index is 14.2. The average molecular weight is 409 g/mol. The Morgan fingerprint density at radius 1 is 1.13 bits per heavy atom. The summed E-state index contributed by atoms with van der Waals surface area (Å²) in [6, 6.07) is 9.51. The number of aryl methyl sites for hydroxylation is 1. The van der Waals surface area contributed by atoms with Gasteiger partial charge in [-0.25, -0.2) is 0 Å². The van der Waals surface area contributed by atoms with Gasteiger partial charge in [-0.1, -0.05) is 6.07 Å². The highest BCUT2D eigenvalue weighted by Gasteiger charge is 2.68. The fourth-order valence-electron chi connectivity index (χ4n) is 7.25. The molecule has 0 saturated heterocycles. The zero-order valence-corrected chi connectivity index (χ0v) is 16.6. The Labute approximate surface area is 174 Å². The van der Waals surface area contributed by atoms with Crippen molar-refractivity contribution in [1.82, 2.24) is 0 Å². The summed E-state index contributed by atoms with van der Waals surface area (Å²) in [5.41, 5.74) is 2.27. The molecule has 3 fully saturated rings. The van der Waals surface area contributed by atoms with Crippen LogP contribution in [0, 0.1) is 39.1 Å². The Hall–Kier alpha value is -2.63. The third-order valence-corrected chi connectivity index (χ3v) is 8.44. The Bertz CT molecular complexity index is 1060. The van der Waals surface area contributed by atoms with E-state index in [1.165, 1.54) is 42.5 Å². The van der Waals surface area contributed by atoms with Gasteiger partial charge < -0.3 is 9.84 Å². The van der Waals surface area contributed by atoms with E-state index in [4.69, 9.17) is 4.74 Å². The molecule has 30 heavy (non-hydrogen) atoms. The Morgan fingerprint density at radius 2 is 2.00 bits per heavy atom. The molecule has 6 heteroatoms. The fraction of sp³-hybridized carbons (Fsp3) is 0.500. The van der Waals surface area contributed by atoms with Crippen LogP contribution in [0.1, 0.15) is 49.1 Å². The molecular formula is C24H24FNO4. The highest BCUT2D eigenvalue weighted by Crippen LogP contribution is 2.75. The number of fused-ring (bicyclic) bond motifs is 4. The predicted molar refractivity (Wildman–Crippen MR) is 108 cm³/mol. The van der Waals surface area contributed by atoms with E-state index in [9.17, 15) is 19.6 Å². The van der Waals surface area contributed by atoms with Gasteiger partial charge in [-0.05, 0) is 91.0 Å². The highest BCUT2D eigenvalue weighted by molar-refractivity contribution is 5.43. The van der Waals surface area contributed by atoms with Crippen molar-refractivity contribution in [2.24, 2.45) is 23.2 Å². The maximum absolute atomic E-state index is 14.2. The molecule has 2 unspecified atom stereocenters. The number of phenolic OH excluding ortho intramolecular Hbond substituents is 1. The first-order chi connectivity index (χ1) is 14.5. The van der Waals surface area contributed by atoms with E-state index in [1.54, 1.807) is 6.07 Å². The molecule has 4 aliphatic carbocycles. The quantitative estimate of drug-likeness (QED) is 0.548. The number of aromatic hydroxyl groups is 1. The second-order valence-electron chi connectivity index (χ2n) is 9.66. The normalized spacial score (nSPS) is 35.6. The monoisotopic (exact) mass is 409 g/mol. The van der Waals surface area contributed by atoms with Crippen molar-refractivity contribution < 1.29 is 19.2 Å². The predicted octanol–water partition coefficient (Wildman–Crippen LogP) is 5.35. The van der Waals surface area contributed by atoms with E-state index in [1.807, 2.05) is 12.1 Å². The molecule has 2 aromatic rings. The summed E-state index contributed by atoms with van der Waals surface area (Å²) < 4.78 is 20.6. The molecule has 156 valence electrons. The summed E-state index contributed by atoms with van der Waals surface area (Å²) in [4.78, 5) is 10.2. The van der Waals surface area contributed by atoms with Crippen molar-refractivity contribution in [3.63, 3.8) is 0 Å². The minimum absolute atomic E-state index is 0.0844. The van der Waals surface area contributed by atoms with E-state index in [0.717, 1.165) is 37.2 Å². The van der Waals surface area contributed by atoms with Gasteiger partial charge in [0.15, 0.2) is 0 Å². The van der Waals surface area contributed by atoms with Crippen LogP contribution < -0.4 is 4.74 Å². The molecule has 0 aromatic heterocycles. The van der Waals surface area contributed by atoms with Gasteiger partial charge >= 0.3 is 5.69 Å². The van der Waals surface area contributed by atoms with Crippen molar-refractivity contribution in [2.75, 3.05) is 0 Å². The topological polar surface area (TPSA) is 72.6 Å². The maximum Gasteiger partial charge on any atom is 0.305 e.